The molecule has 0 radical (unpaired) electrons. The van der Waals surface area contributed by atoms with Gasteiger partial charge in [0.1, 0.15) is 5.82 Å². The first-order valence-corrected chi connectivity index (χ1v) is 8.26. The maximum atomic E-state index is 6.06. The number of fused-ring (bicyclic) bond motifs is 1. The largest absolute Gasteiger partial charge is 0.370 e. The van der Waals surface area contributed by atoms with Gasteiger partial charge in [-0.25, -0.2) is 9.98 Å². The highest BCUT2D eigenvalue weighted by molar-refractivity contribution is 5.84. The van der Waals surface area contributed by atoms with Gasteiger partial charge in [-0.1, -0.05) is 31.0 Å². The van der Waals surface area contributed by atoms with Gasteiger partial charge in [-0.2, -0.15) is 0 Å². The van der Waals surface area contributed by atoms with E-state index in [0.717, 1.165) is 22.3 Å². The minimum Gasteiger partial charge on any atom is -0.370 e. The minimum absolute atomic E-state index is 0.491. The van der Waals surface area contributed by atoms with Crippen molar-refractivity contribution in [3.8, 4) is 0 Å². The third-order valence-electron chi connectivity index (χ3n) is 4.37. The second-order valence-corrected chi connectivity index (χ2v) is 6.38. The van der Waals surface area contributed by atoms with Crippen molar-refractivity contribution in [3.05, 3.63) is 35.9 Å². The van der Waals surface area contributed by atoms with E-state index in [2.05, 4.69) is 27.4 Å². The fourth-order valence-electron chi connectivity index (χ4n) is 3.09. The highest BCUT2D eigenvalue weighted by Crippen LogP contribution is 2.23. The Kier molecular flexibility index (Phi) is 4.65. The van der Waals surface area contributed by atoms with Crippen molar-refractivity contribution in [1.29, 1.82) is 0 Å². The number of nitrogens with zero attached hydrogens (tertiary/aromatic N) is 3. The van der Waals surface area contributed by atoms with Gasteiger partial charge in [0.15, 0.2) is 5.96 Å². The number of guanidine groups is 1. The lowest BCUT2D eigenvalue weighted by molar-refractivity contribution is 0.625. The summed E-state index contributed by atoms with van der Waals surface area (Å²) >= 11 is 0. The van der Waals surface area contributed by atoms with Gasteiger partial charge in [-0.15, -0.1) is 0 Å². The normalized spacial score (nSPS) is 16.0. The van der Waals surface area contributed by atoms with Crippen LogP contribution >= 0.6 is 0 Å². The lowest BCUT2D eigenvalue weighted by atomic mass is 10.1. The van der Waals surface area contributed by atoms with E-state index in [1.165, 1.54) is 25.7 Å². The Bertz CT molecular complexity index is 702. The number of rotatable bonds is 4. The summed E-state index contributed by atoms with van der Waals surface area (Å²) in [6.45, 7) is 0.565. The number of aromatic nitrogens is 1. The molecule has 1 heterocycles. The molecule has 1 aromatic heterocycles. The fraction of sp³-hybridized carbons (Fsp3) is 0.444. The number of hydrogen-bond donors (Lipinski definition) is 2. The van der Waals surface area contributed by atoms with Gasteiger partial charge in [0.2, 0.25) is 0 Å². The molecule has 0 amide bonds. The van der Waals surface area contributed by atoms with Crippen LogP contribution in [-0.4, -0.2) is 31.1 Å². The number of anilines is 1. The Morgan fingerprint density at radius 2 is 2.04 bits per heavy atom. The number of nitrogens with one attached hydrogen (secondary N) is 1. The standard InChI is InChI=1S/C18H25N5/c1-23(2)17-11-13(15-9-5-6-10-16(15)22-17)12-20-18(19)21-14-7-3-4-8-14/h5-6,9-11,14H,3-4,7-8,12H2,1-2H3,(H3,19,20,21). The zero-order valence-electron chi connectivity index (χ0n) is 13.9. The summed E-state index contributed by atoms with van der Waals surface area (Å²) in [5, 5.41) is 4.47. The number of hydrogen-bond acceptors (Lipinski definition) is 3. The van der Waals surface area contributed by atoms with Crippen LogP contribution in [0.15, 0.2) is 35.3 Å². The van der Waals surface area contributed by atoms with Gasteiger partial charge in [0.05, 0.1) is 12.1 Å². The topological polar surface area (TPSA) is 66.5 Å². The molecule has 3 N–H and O–H groups in total. The van der Waals surface area contributed by atoms with Crippen LogP contribution in [0.25, 0.3) is 10.9 Å². The summed E-state index contributed by atoms with van der Waals surface area (Å²) in [7, 11) is 4.00. The fourth-order valence-corrected chi connectivity index (χ4v) is 3.09. The zero-order chi connectivity index (χ0) is 16.2. The molecule has 2 aromatic rings. The van der Waals surface area contributed by atoms with Crippen molar-refractivity contribution < 1.29 is 0 Å². The third kappa shape index (κ3) is 3.73. The predicted molar refractivity (Wildman–Crippen MR) is 96.8 cm³/mol. The molecule has 5 heteroatoms. The summed E-state index contributed by atoms with van der Waals surface area (Å²) in [5.74, 6) is 1.49. The smallest absolute Gasteiger partial charge is 0.189 e. The molecule has 0 unspecified atom stereocenters. The molecular formula is C18H25N5. The van der Waals surface area contributed by atoms with E-state index in [1.807, 2.05) is 37.2 Å². The van der Waals surface area contributed by atoms with Crippen LogP contribution in [0.1, 0.15) is 31.2 Å². The minimum atomic E-state index is 0.491. The summed E-state index contributed by atoms with van der Waals surface area (Å²) < 4.78 is 0. The molecule has 3 rings (SSSR count). The van der Waals surface area contributed by atoms with E-state index < -0.39 is 0 Å². The quantitative estimate of drug-likeness (QED) is 0.673. The van der Waals surface area contributed by atoms with E-state index in [9.17, 15) is 0 Å². The van der Waals surface area contributed by atoms with Crippen molar-refractivity contribution in [1.82, 2.24) is 10.3 Å². The van der Waals surface area contributed by atoms with Gasteiger partial charge >= 0.3 is 0 Å². The van der Waals surface area contributed by atoms with E-state index in [-0.39, 0.29) is 0 Å². The van der Waals surface area contributed by atoms with Crippen LogP contribution < -0.4 is 16.0 Å². The molecule has 0 bridgehead atoms. The van der Waals surface area contributed by atoms with Crippen molar-refractivity contribution in [2.45, 2.75) is 38.3 Å². The van der Waals surface area contributed by atoms with Crippen molar-refractivity contribution in [2.75, 3.05) is 19.0 Å². The highest BCUT2D eigenvalue weighted by atomic mass is 15.1. The van der Waals surface area contributed by atoms with Crippen LogP contribution in [-0.2, 0) is 6.54 Å². The second kappa shape index (κ2) is 6.86. The number of aliphatic imine (C=N–C) groups is 1. The van der Waals surface area contributed by atoms with Gasteiger partial charge < -0.3 is 16.0 Å². The van der Waals surface area contributed by atoms with E-state index in [0.29, 0.717) is 18.5 Å². The van der Waals surface area contributed by atoms with E-state index in [4.69, 9.17) is 5.73 Å². The maximum absolute atomic E-state index is 6.06. The van der Waals surface area contributed by atoms with E-state index >= 15 is 0 Å². The molecule has 1 aromatic carbocycles. The second-order valence-electron chi connectivity index (χ2n) is 6.38. The van der Waals surface area contributed by atoms with Crippen LogP contribution in [0, 0.1) is 0 Å². The lowest BCUT2D eigenvalue weighted by Crippen LogP contribution is -2.38. The summed E-state index contributed by atoms with van der Waals surface area (Å²) in [6, 6.07) is 10.8. The molecule has 23 heavy (non-hydrogen) atoms. The zero-order valence-corrected chi connectivity index (χ0v) is 13.9. The van der Waals surface area contributed by atoms with Crippen LogP contribution in [0.3, 0.4) is 0 Å². The van der Waals surface area contributed by atoms with Crippen LogP contribution in [0.2, 0.25) is 0 Å². The molecule has 0 aliphatic heterocycles. The Morgan fingerprint density at radius 3 is 2.78 bits per heavy atom. The number of para-hydroxylation sites is 1. The van der Waals surface area contributed by atoms with Gasteiger partial charge in [-0.3, -0.25) is 0 Å². The van der Waals surface area contributed by atoms with Crippen LogP contribution in [0.4, 0.5) is 5.82 Å². The van der Waals surface area contributed by atoms with Crippen molar-refractivity contribution >= 4 is 22.7 Å². The maximum Gasteiger partial charge on any atom is 0.189 e. The molecule has 122 valence electrons. The molecule has 1 fully saturated rings. The first kappa shape index (κ1) is 15.6. The molecule has 0 atom stereocenters. The first-order chi connectivity index (χ1) is 11.1. The number of nitrogens with two attached hydrogens (primary N) is 1. The average Bonchev–Trinajstić information content (AvgIpc) is 3.05. The highest BCUT2D eigenvalue weighted by Gasteiger charge is 2.15. The van der Waals surface area contributed by atoms with Crippen molar-refractivity contribution in [3.63, 3.8) is 0 Å². The molecule has 1 aliphatic rings. The lowest BCUT2D eigenvalue weighted by Gasteiger charge is -2.15. The number of pyridine rings is 1. The Hall–Kier alpha value is -2.30. The molecule has 5 nitrogen and oxygen atoms in total. The molecule has 0 saturated heterocycles. The molecular weight excluding hydrogens is 286 g/mol. The third-order valence-corrected chi connectivity index (χ3v) is 4.37. The molecule has 1 saturated carbocycles. The Balaban J connectivity index is 1.83. The molecule has 1 aliphatic carbocycles. The Morgan fingerprint density at radius 1 is 1.30 bits per heavy atom. The summed E-state index contributed by atoms with van der Waals surface area (Å²) in [6.07, 6.45) is 4.95. The monoisotopic (exact) mass is 311 g/mol. The van der Waals surface area contributed by atoms with Gasteiger partial charge in [0, 0.05) is 25.5 Å². The molecule has 0 spiro atoms. The van der Waals surface area contributed by atoms with Gasteiger partial charge in [-0.05, 0) is 30.5 Å². The van der Waals surface area contributed by atoms with Gasteiger partial charge in [0.25, 0.3) is 0 Å². The number of benzene rings is 1. The summed E-state index contributed by atoms with van der Waals surface area (Å²) in [4.78, 5) is 11.2. The van der Waals surface area contributed by atoms with E-state index in [1.54, 1.807) is 0 Å². The van der Waals surface area contributed by atoms with Crippen LogP contribution in [0.5, 0.6) is 0 Å². The SMILES string of the molecule is CN(C)c1cc(CN=C(N)NC2CCCC2)c2ccccc2n1. The predicted octanol–water partition coefficient (Wildman–Crippen LogP) is 2.65. The Labute approximate surface area is 137 Å². The first-order valence-electron chi connectivity index (χ1n) is 8.26. The average molecular weight is 311 g/mol. The van der Waals surface area contributed by atoms with Crippen molar-refractivity contribution in [2.24, 2.45) is 10.7 Å². The summed E-state index contributed by atoms with van der Waals surface area (Å²) in [5.41, 5.74) is 8.20.